The van der Waals surface area contributed by atoms with Crippen molar-refractivity contribution < 1.29 is 9.21 Å². The first-order valence-corrected chi connectivity index (χ1v) is 7.68. The quantitative estimate of drug-likeness (QED) is 0.908. The van der Waals surface area contributed by atoms with Gasteiger partial charge in [0.1, 0.15) is 24.4 Å². The fourth-order valence-corrected chi connectivity index (χ4v) is 2.33. The van der Waals surface area contributed by atoms with E-state index in [2.05, 4.69) is 10.4 Å². The van der Waals surface area contributed by atoms with Gasteiger partial charge >= 0.3 is 5.69 Å². The van der Waals surface area contributed by atoms with Crippen molar-refractivity contribution in [3.63, 3.8) is 0 Å². The highest BCUT2D eigenvalue weighted by Gasteiger charge is 2.30. The molecule has 2 rings (SSSR count). The predicted molar refractivity (Wildman–Crippen MR) is 85.9 cm³/mol. The Morgan fingerprint density at radius 3 is 2.57 bits per heavy atom. The number of carbonyl (C=O) groups is 1. The first-order valence-electron chi connectivity index (χ1n) is 7.68. The number of carbonyl (C=O) groups excluding carboxylic acids is 1. The van der Waals surface area contributed by atoms with Crippen LogP contribution in [0, 0.1) is 5.41 Å². The molecule has 0 saturated carbocycles. The van der Waals surface area contributed by atoms with Gasteiger partial charge in [0.25, 0.3) is 0 Å². The van der Waals surface area contributed by atoms with E-state index >= 15 is 0 Å². The van der Waals surface area contributed by atoms with E-state index in [0.717, 1.165) is 22.6 Å². The second-order valence-electron chi connectivity index (χ2n) is 6.71. The van der Waals surface area contributed by atoms with Crippen LogP contribution in [0.5, 0.6) is 0 Å². The highest BCUT2D eigenvalue weighted by atomic mass is 16.3. The summed E-state index contributed by atoms with van der Waals surface area (Å²) in [5.74, 6) is 1.32. The zero-order chi connectivity index (χ0) is 17.2. The van der Waals surface area contributed by atoms with E-state index in [1.54, 1.807) is 7.05 Å². The fourth-order valence-electron chi connectivity index (χ4n) is 2.33. The van der Waals surface area contributed by atoms with E-state index < -0.39 is 0 Å². The Bertz CT molecular complexity index is 733. The molecule has 0 radical (unpaired) electrons. The molecule has 2 aromatic heterocycles. The van der Waals surface area contributed by atoms with E-state index in [9.17, 15) is 9.59 Å². The van der Waals surface area contributed by atoms with Gasteiger partial charge in [0.15, 0.2) is 0 Å². The van der Waals surface area contributed by atoms with Crippen molar-refractivity contribution in [1.29, 1.82) is 0 Å². The van der Waals surface area contributed by atoms with Crippen molar-refractivity contribution in [2.75, 3.05) is 0 Å². The Balaban J connectivity index is 2.16. The molecule has 126 valence electrons. The first kappa shape index (κ1) is 17.1. The van der Waals surface area contributed by atoms with Crippen LogP contribution in [-0.4, -0.2) is 20.3 Å². The second-order valence-corrected chi connectivity index (χ2v) is 6.71. The largest absolute Gasteiger partial charge is 0.464 e. The molecule has 1 unspecified atom stereocenters. The maximum Gasteiger partial charge on any atom is 0.345 e. The number of nitrogens with one attached hydrogen (secondary N) is 1. The molecule has 0 saturated heterocycles. The van der Waals surface area contributed by atoms with Crippen molar-refractivity contribution in [2.24, 2.45) is 12.5 Å². The normalized spacial score (nSPS) is 13.1. The minimum absolute atomic E-state index is 0.117. The van der Waals surface area contributed by atoms with Crippen molar-refractivity contribution in [3.8, 4) is 0 Å². The van der Waals surface area contributed by atoms with E-state index in [4.69, 9.17) is 4.42 Å². The SMILES string of the molecule is CCc1ccc(C(NC(=O)Cn2ncn(C)c2=O)C(C)(C)C)o1. The average Bonchev–Trinajstić information content (AvgIpc) is 3.05. The number of amides is 1. The number of hydrogen-bond donors (Lipinski definition) is 1. The molecule has 0 spiro atoms. The summed E-state index contributed by atoms with van der Waals surface area (Å²) in [5, 5.41) is 6.85. The molecule has 0 fully saturated rings. The number of aromatic nitrogens is 3. The smallest absolute Gasteiger partial charge is 0.345 e. The van der Waals surface area contributed by atoms with Crippen molar-refractivity contribution >= 4 is 5.91 Å². The third-order valence-electron chi connectivity index (χ3n) is 3.67. The molecule has 0 aliphatic heterocycles. The Kier molecular flexibility index (Phi) is 4.77. The standard InChI is InChI=1S/C16H24N4O3/c1-6-11-7-8-12(23-11)14(16(2,3)4)18-13(21)9-20-15(22)19(5)10-17-20/h7-8,10,14H,6,9H2,1-5H3,(H,18,21). The van der Waals surface area contributed by atoms with Gasteiger partial charge in [0.2, 0.25) is 5.91 Å². The molecular formula is C16H24N4O3. The van der Waals surface area contributed by atoms with Crippen molar-refractivity contribution in [2.45, 2.75) is 46.7 Å². The number of aryl methyl sites for hydroxylation is 2. The van der Waals surface area contributed by atoms with Gasteiger partial charge in [-0.1, -0.05) is 27.7 Å². The van der Waals surface area contributed by atoms with E-state index in [1.165, 1.54) is 10.9 Å². The maximum absolute atomic E-state index is 12.3. The highest BCUT2D eigenvalue weighted by Crippen LogP contribution is 2.33. The van der Waals surface area contributed by atoms with Crippen LogP contribution in [0.25, 0.3) is 0 Å². The van der Waals surface area contributed by atoms with Crippen molar-refractivity contribution in [3.05, 3.63) is 40.5 Å². The molecule has 0 aromatic carbocycles. The zero-order valence-corrected chi connectivity index (χ0v) is 14.3. The lowest BCUT2D eigenvalue weighted by Crippen LogP contribution is -2.40. The lowest BCUT2D eigenvalue weighted by Gasteiger charge is -2.29. The Morgan fingerprint density at radius 1 is 1.39 bits per heavy atom. The van der Waals surface area contributed by atoms with E-state index in [0.29, 0.717) is 0 Å². The number of nitrogens with zero attached hydrogens (tertiary/aromatic N) is 3. The molecule has 2 aromatic rings. The van der Waals surface area contributed by atoms with Gasteiger partial charge in [0.05, 0.1) is 6.04 Å². The van der Waals surface area contributed by atoms with Crippen LogP contribution in [0.2, 0.25) is 0 Å². The molecule has 1 N–H and O–H groups in total. The first-order chi connectivity index (χ1) is 10.7. The summed E-state index contributed by atoms with van der Waals surface area (Å²) in [6.45, 7) is 7.98. The molecule has 0 aliphatic rings. The van der Waals surface area contributed by atoms with Crippen LogP contribution in [-0.2, 0) is 24.8 Å². The molecular weight excluding hydrogens is 296 g/mol. The lowest BCUT2D eigenvalue weighted by molar-refractivity contribution is -0.123. The Morgan fingerprint density at radius 2 is 2.09 bits per heavy atom. The summed E-state index contributed by atoms with van der Waals surface area (Å²) in [6.07, 6.45) is 2.19. The van der Waals surface area contributed by atoms with Gasteiger partial charge in [-0.3, -0.25) is 9.36 Å². The minimum Gasteiger partial charge on any atom is -0.464 e. The monoisotopic (exact) mass is 320 g/mol. The number of hydrogen-bond acceptors (Lipinski definition) is 4. The third-order valence-corrected chi connectivity index (χ3v) is 3.67. The van der Waals surface area contributed by atoms with Crippen LogP contribution in [0.4, 0.5) is 0 Å². The van der Waals surface area contributed by atoms with E-state index in [1.807, 2.05) is 39.8 Å². The molecule has 1 amide bonds. The topological polar surface area (TPSA) is 82.1 Å². The summed E-state index contributed by atoms with van der Waals surface area (Å²) in [5.41, 5.74) is -0.549. The lowest BCUT2D eigenvalue weighted by atomic mass is 9.85. The summed E-state index contributed by atoms with van der Waals surface area (Å²) in [4.78, 5) is 24.1. The van der Waals surface area contributed by atoms with Gasteiger partial charge < -0.3 is 9.73 Å². The Labute approximate surface area is 135 Å². The van der Waals surface area contributed by atoms with Gasteiger partial charge in [-0.25, -0.2) is 9.48 Å². The summed E-state index contributed by atoms with van der Waals surface area (Å²) >= 11 is 0. The molecule has 1 atom stereocenters. The van der Waals surface area contributed by atoms with Crippen LogP contribution in [0.1, 0.15) is 45.3 Å². The average molecular weight is 320 g/mol. The summed E-state index contributed by atoms with van der Waals surface area (Å²) in [7, 11) is 1.59. The van der Waals surface area contributed by atoms with Gasteiger partial charge in [0, 0.05) is 13.5 Å². The van der Waals surface area contributed by atoms with E-state index in [-0.39, 0.29) is 29.6 Å². The molecule has 0 bridgehead atoms. The molecule has 2 heterocycles. The highest BCUT2D eigenvalue weighted by molar-refractivity contribution is 5.76. The van der Waals surface area contributed by atoms with Crippen LogP contribution in [0.15, 0.2) is 27.7 Å². The third kappa shape index (κ3) is 3.91. The molecule has 23 heavy (non-hydrogen) atoms. The fraction of sp³-hybridized carbons (Fsp3) is 0.562. The van der Waals surface area contributed by atoms with Gasteiger partial charge in [-0.15, -0.1) is 0 Å². The second kappa shape index (κ2) is 6.44. The molecule has 7 heteroatoms. The van der Waals surface area contributed by atoms with Crippen LogP contribution < -0.4 is 11.0 Å². The maximum atomic E-state index is 12.3. The van der Waals surface area contributed by atoms with Crippen LogP contribution >= 0.6 is 0 Å². The van der Waals surface area contributed by atoms with Gasteiger partial charge in [-0.2, -0.15) is 5.10 Å². The summed E-state index contributed by atoms with van der Waals surface area (Å²) < 4.78 is 8.26. The number of furan rings is 1. The predicted octanol–water partition coefficient (Wildman–Crippen LogP) is 1.64. The van der Waals surface area contributed by atoms with Crippen molar-refractivity contribution in [1.82, 2.24) is 19.7 Å². The van der Waals surface area contributed by atoms with Crippen LogP contribution in [0.3, 0.4) is 0 Å². The zero-order valence-electron chi connectivity index (χ0n) is 14.3. The van der Waals surface area contributed by atoms with Gasteiger partial charge in [-0.05, 0) is 17.5 Å². The Hall–Kier alpha value is -2.31. The molecule has 0 aliphatic carbocycles. The number of rotatable bonds is 5. The molecule has 7 nitrogen and oxygen atoms in total. The minimum atomic E-state index is -0.321. The summed E-state index contributed by atoms with van der Waals surface area (Å²) in [6, 6.07) is 3.53.